The number of amides is 1. The van der Waals surface area contributed by atoms with Crippen molar-refractivity contribution >= 4 is 17.8 Å². The van der Waals surface area contributed by atoms with E-state index in [4.69, 9.17) is 9.47 Å². The second-order valence-electron chi connectivity index (χ2n) is 5.86. The van der Waals surface area contributed by atoms with E-state index in [-0.39, 0.29) is 12.5 Å². The third-order valence-electron chi connectivity index (χ3n) is 4.21. The van der Waals surface area contributed by atoms with E-state index in [0.717, 1.165) is 18.7 Å². The fourth-order valence-corrected chi connectivity index (χ4v) is 2.75. The first-order valence-corrected chi connectivity index (χ1v) is 8.77. The highest BCUT2D eigenvalue weighted by molar-refractivity contribution is 5.85. The van der Waals surface area contributed by atoms with Crippen LogP contribution in [0.3, 0.4) is 0 Å². The molecule has 0 saturated heterocycles. The molecule has 3 rings (SSSR count). The van der Waals surface area contributed by atoms with Crippen LogP contribution >= 0.6 is 0 Å². The second-order valence-corrected chi connectivity index (χ2v) is 5.86. The molecule has 1 aliphatic rings. The highest BCUT2D eigenvalue weighted by atomic mass is 16.6. The summed E-state index contributed by atoms with van der Waals surface area (Å²) in [5.74, 6) is 0.874. The molecule has 6 heteroatoms. The monoisotopic (exact) mass is 353 g/mol. The Morgan fingerprint density at radius 3 is 2.54 bits per heavy atom. The van der Waals surface area contributed by atoms with Crippen molar-refractivity contribution in [2.24, 2.45) is 5.10 Å². The van der Waals surface area contributed by atoms with E-state index in [9.17, 15) is 4.79 Å². The molecule has 0 aliphatic carbocycles. The summed E-state index contributed by atoms with van der Waals surface area (Å²) in [4.78, 5) is 14.4. The van der Waals surface area contributed by atoms with Crippen molar-refractivity contribution in [3.05, 3.63) is 54.1 Å². The molecule has 0 radical (unpaired) electrons. The number of hydrazone groups is 1. The summed E-state index contributed by atoms with van der Waals surface area (Å²) in [5.41, 5.74) is 4.59. The van der Waals surface area contributed by atoms with E-state index in [1.54, 1.807) is 12.3 Å². The zero-order valence-electron chi connectivity index (χ0n) is 15.0. The van der Waals surface area contributed by atoms with Gasteiger partial charge in [-0.15, -0.1) is 0 Å². The average Bonchev–Trinajstić information content (AvgIpc) is 2.69. The predicted octanol–water partition coefficient (Wildman–Crippen LogP) is 2.82. The van der Waals surface area contributed by atoms with Crippen molar-refractivity contribution in [3.8, 4) is 11.5 Å². The molecule has 1 atom stereocenters. The first kappa shape index (κ1) is 17.8. The normalized spacial score (nSPS) is 15.7. The smallest absolute Gasteiger partial charge is 0.284 e. The van der Waals surface area contributed by atoms with Gasteiger partial charge in [-0.1, -0.05) is 24.3 Å². The van der Waals surface area contributed by atoms with Gasteiger partial charge in [0, 0.05) is 18.8 Å². The molecule has 1 N–H and O–H groups in total. The Morgan fingerprint density at radius 1 is 1.15 bits per heavy atom. The quantitative estimate of drug-likeness (QED) is 0.641. The summed E-state index contributed by atoms with van der Waals surface area (Å²) in [6, 6.07) is 15.3. The van der Waals surface area contributed by atoms with Gasteiger partial charge in [-0.3, -0.25) is 4.79 Å². The van der Waals surface area contributed by atoms with Crippen LogP contribution in [0.4, 0.5) is 5.69 Å². The molecular weight excluding hydrogens is 330 g/mol. The van der Waals surface area contributed by atoms with E-state index < -0.39 is 6.10 Å². The number of hydrogen-bond acceptors (Lipinski definition) is 5. The first-order chi connectivity index (χ1) is 12.7. The molecule has 6 nitrogen and oxygen atoms in total. The Morgan fingerprint density at radius 2 is 1.85 bits per heavy atom. The summed E-state index contributed by atoms with van der Waals surface area (Å²) < 4.78 is 11.2. The number of nitrogens with one attached hydrogen (secondary N) is 1. The van der Waals surface area contributed by atoms with Crippen LogP contribution in [0.2, 0.25) is 0 Å². The molecule has 2 aromatic rings. The average molecular weight is 353 g/mol. The number of carbonyl (C=O) groups is 1. The van der Waals surface area contributed by atoms with Gasteiger partial charge >= 0.3 is 0 Å². The lowest BCUT2D eigenvalue weighted by Crippen LogP contribution is -2.42. The predicted molar refractivity (Wildman–Crippen MR) is 102 cm³/mol. The zero-order chi connectivity index (χ0) is 18.4. The lowest BCUT2D eigenvalue weighted by molar-refractivity contribution is -0.130. The topological polar surface area (TPSA) is 63.2 Å². The molecule has 0 unspecified atom stereocenters. The Hall–Kier alpha value is -3.02. The summed E-state index contributed by atoms with van der Waals surface area (Å²) in [6.07, 6.45) is 0.897. The van der Waals surface area contributed by atoms with E-state index in [2.05, 4.69) is 29.3 Å². The Bertz CT molecular complexity index is 770. The molecule has 2 aromatic carbocycles. The van der Waals surface area contributed by atoms with E-state index >= 15 is 0 Å². The van der Waals surface area contributed by atoms with Gasteiger partial charge in [0.25, 0.3) is 5.91 Å². The van der Waals surface area contributed by atoms with Gasteiger partial charge in [0.1, 0.15) is 6.61 Å². The number of hydrogen-bond donors (Lipinski definition) is 1. The van der Waals surface area contributed by atoms with Crippen LogP contribution in [0.15, 0.2) is 53.6 Å². The maximum atomic E-state index is 12.2. The van der Waals surface area contributed by atoms with Crippen LogP contribution in [0.25, 0.3) is 0 Å². The largest absolute Gasteiger partial charge is 0.485 e. The SMILES string of the molecule is CCN(CC)c1ccc(/C=N\NC(=O)[C@H]2COc3ccccc3O2)cc1. The molecule has 0 aromatic heterocycles. The Balaban J connectivity index is 1.54. The third-order valence-corrected chi connectivity index (χ3v) is 4.21. The van der Waals surface area contributed by atoms with Crippen LogP contribution in [-0.4, -0.2) is 37.9 Å². The van der Waals surface area contributed by atoms with Crippen LogP contribution in [0.1, 0.15) is 19.4 Å². The molecule has 136 valence electrons. The van der Waals surface area contributed by atoms with E-state index in [1.807, 2.05) is 42.5 Å². The molecule has 1 amide bonds. The fraction of sp³-hybridized carbons (Fsp3) is 0.300. The molecule has 0 fully saturated rings. The lowest BCUT2D eigenvalue weighted by atomic mass is 10.2. The minimum Gasteiger partial charge on any atom is -0.485 e. The van der Waals surface area contributed by atoms with Crippen LogP contribution < -0.4 is 19.8 Å². The molecule has 26 heavy (non-hydrogen) atoms. The van der Waals surface area contributed by atoms with Gasteiger partial charge in [0.15, 0.2) is 11.5 Å². The van der Waals surface area contributed by atoms with Gasteiger partial charge in [-0.2, -0.15) is 5.10 Å². The van der Waals surface area contributed by atoms with E-state index in [1.165, 1.54) is 5.69 Å². The van der Waals surface area contributed by atoms with Gasteiger partial charge in [-0.05, 0) is 43.7 Å². The molecule has 0 saturated carbocycles. The minimum absolute atomic E-state index is 0.164. The fourth-order valence-electron chi connectivity index (χ4n) is 2.75. The zero-order valence-corrected chi connectivity index (χ0v) is 15.0. The highest BCUT2D eigenvalue weighted by Gasteiger charge is 2.26. The van der Waals surface area contributed by atoms with Crippen molar-refractivity contribution in [2.45, 2.75) is 20.0 Å². The number of fused-ring (bicyclic) bond motifs is 1. The number of para-hydroxylation sites is 2. The molecule has 0 bridgehead atoms. The number of anilines is 1. The van der Waals surface area contributed by atoms with Gasteiger partial charge in [0.2, 0.25) is 6.10 Å². The Labute approximate surface area is 153 Å². The van der Waals surface area contributed by atoms with Crippen molar-refractivity contribution in [1.29, 1.82) is 0 Å². The van der Waals surface area contributed by atoms with Crippen molar-refractivity contribution in [2.75, 3.05) is 24.6 Å². The van der Waals surface area contributed by atoms with Crippen molar-refractivity contribution < 1.29 is 14.3 Å². The number of rotatable bonds is 6. The summed E-state index contributed by atoms with van der Waals surface area (Å²) >= 11 is 0. The van der Waals surface area contributed by atoms with E-state index in [0.29, 0.717) is 11.5 Å². The number of carbonyl (C=O) groups excluding carboxylic acids is 1. The highest BCUT2D eigenvalue weighted by Crippen LogP contribution is 2.30. The standard InChI is InChI=1S/C20H23N3O3/c1-3-23(4-2)16-11-9-15(10-12-16)13-21-22-20(24)19-14-25-17-7-5-6-8-18(17)26-19/h5-13,19H,3-4,14H2,1-2H3,(H,22,24)/b21-13-/t19-/m1/s1. The molecular formula is C20H23N3O3. The van der Waals surface area contributed by atoms with Gasteiger partial charge in [-0.25, -0.2) is 5.43 Å². The number of nitrogens with zero attached hydrogens (tertiary/aromatic N) is 2. The van der Waals surface area contributed by atoms with Crippen LogP contribution in [0, 0.1) is 0 Å². The minimum atomic E-state index is -0.716. The lowest BCUT2D eigenvalue weighted by Gasteiger charge is -2.24. The second kappa shape index (κ2) is 8.38. The maximum absolute atomic E-state index is 12.2. The van der Waals surface area contributed by atoms with Gasteiger partial charge < -0.3 is 14.4 Å². The number of ether oxygens (including phenoxy) is 2. The maximum Gasteiger partial charge on any atom is 0.284 e. The summed E-state index contributed by atoms with van der Waals surface area (Å²) in [5, 5.41) is 4.01. The van der Waals surface area contributed by atoms with Crippen LogP contribution in [0.5, 0.6) is 11.5 Å². The first-order valence-electron chi connectivity index (χ1n) is 8.77. The van der Waals surface area contributed by atoms with Gasteiger partial charge in [0.05, 0.1) is 6.21 Å². The Kier molecular flexibility index (Phi) is 5.73. The molecule has 1 aliphatic heterocycles. The van der Waals surface area contributed by atoms with Crippen molar-refractivity contribution in [3.63, 3.8) is 0 Å². The molecule has 1 heterocycles. The summed E-state index contributed by atoms with van der Waals surface area (Å²) in [6.45, 7) is 6.35. The molecule has 0 spiro atoms. The third kappa shape index (κ3) is 4.14. The van der Waals surface area contributed by atoms with Crippen LogP contribution in [-0.2, 0) is 4.79 Å². The number of benzene rings is 2. The van der Waals surface area contributed by atoms with Crippen molar-refractivity contribution in [1.82, 2.24) is 5.43 Å². The summed E-state index contributed by atoms with van der Waals surface area (Å²) in [7, 11) is 0.